The van der Waals surface area contributed by atoms with Crippen molar-refractivity contribution < 1.29 is 17.9 Å². The molecule has 1 atom stereocenters. The van der Waals surface area contributed by atoms with Gasteiger partial charge in [-0.1, -0.05) is 0 Å². The van der Waals surface area contributed by atoms with Crippen molar-refractivity contribution >= 4 is 0 Å². The van der Waals surface area contributed by atoms with Crippen LogP contribution in [0.3, 0.4) is 0 Å². The van der Waals surface area contributed by atoms with Gasteiger partial charge in [0.05, 0.1) is 13.2 Å². The lowest BCUT2D eigenvalue weighted by Gasteiger charge is -2.26. The van der Waals surface area contributed by atoms with Gasteiger partial charge in [-0.05, 0) is 12.8 Å². The van der Waals surface area contributed by atoms with E-state index >= 15 is 0 Å². The van der Waals surface area contributed by atoms with E-state index in [1.807, 2.05) is 0 Å². The minimum atomic E-state index is -4.23. The fraction of sp³-hybridized carbons (Fsp3) is 1.00. The van der Waals surface area contributed by atoms with Gasteiger partial charge < -0.3 is 10.5 Å². The number of nitrogens with zero attached hydrogens (tertiary/aromatic N) is 1. The van der Waals surface area contributed by atoms with E-state index in [9.17, 15) is 13.2 Å². The molecule has 0 unspecified atom stereocenters. The number of rotatable bonds is 4. The van der Waals surface area contributed by atoms with Gasteiger partial charge in [-0.3, -0.25) is 0 Å². The molecule has 84 valence electrons. The topological polar surface area (TPSA) is 38.5 Å². The quantitative estimate of drug-likeness (QED) is 0.557. The molecule has 0 saturated carbocycles. The van der Waals surface area contributed by atoms with Crippen LogP contribution in [0.2, 0.25) is 0 Å². The van der Waals surface area contributed by atoms with Crippen LogP contribution in [0.4, 0.5) is 13.2 Å². The summed E-state index contributed by atoms with van der Waals surface area (Å²) in [6, 6.07) is -0.526. The Morgan fingerprint density at radius 3 is 2.71 bits per heavy atom. The summed E-state index contributed by atoms with van der Waals surface area (Å²) in [5, 5.41) is 0. The summed E-state index contributed by atoms with van der Waals surface area (Å²) in [5.41, 5.74) is 5.17. The van der Waals surface area contributed by atoms with E-state index in [0.717, 1.165) is 0 Å². The van der Waals surface area contributed by atoms with Crippen LogP contribution in [-0.2, 0) is 4.74 Å². The zero-order valence-corrected chi connectivity index (χ0v) is 7.89. The second-order valence-electron chi connectivity index (χ2n) is 3.32. The molecule has 0 radical (unpaired) electrons. The highest BCUT2D eigenvalue weighted by Crippen LogP contribution is 2.30. The highest BCUT2D eigenvalue weighted by molar-refractivity contribution is 4.80. The second-order valence-corrected chi connectivity index (χ2v) is 3.32. The molecular formula is C8H15F3N2O. The summed E-state index contributed by atoms with van der Waals surface area (Å²) in [5.74, 6) is 0. The van der Waals surface area contributed by atoms with E-state index < -0.39 is 12.3 Å². The number of ether oxygens (including phenoxy) is 1. The van der Waals surface area contributed by atoms with E-state index in [1.54, 1.807) is 0 Å². The SMILES string of the molecule is NCCOC[C@@H]1CCCN1C(F)(F)F. The lowest BCUT2D eigenvalue weighted by molar-refractivity contribution is -0.253. The van der Waals surface area contributed by atoms with Crippen molar-refractivity contribution in [2.45, 2.75) is 25.2 Å². The standard InChI is InChI=1S/C8H15F3N2O/c9-8(10,11)13-4-1-2-7(13)6-14-5-3-12/h7H,1-6,12H2/t7-/m0/s1. The molecule has 1 saturated heterocycles. The molecule has 2 N–H and O–H groups in total. The summed E-state index contributed by atoms with van der Waals surface area (Å²) in [4.78, 5) is 0.545. The second kappa shape index (κ2) is 4.95. The number of alkyl halides is 3. The molecule has 0 aromatic rings. The molecule has 3 nitrogen and oxygen atoms in total. The maximum absolute atomic E-state index is 12.4. The van der Waals surface area contributed by atoms with Crippen molar-refractivity contribution in [3.8, 4) is 0 Å². The molecule has 1 rings (SSSR count). The molecule has 6 heteroatoms. The van der Waals surface area contributed by atoms with Crippen LogP contribution in [0.15, 0.2) is 0 Å². The predicted molar refractivity (Wildman–Crippen MR) is 45.7 cm³/mol. The molecule has 14 heavy (non-hydrogen) atoms. The number of hydrogen-bond acceptors (Lipinski definition) is 3. The third-order valence-corrected chi connectivity index (χ3v) is 2.28. The van der Waals surface area contributed by atoms with E-state index in [0.29, 0.717) is 30.9 Å². The van der Waals surface area contributed by atoms with Gasteiger partial charge in [0.25, 0.3) is 0 Å². The lowest BCUT2D eigenvalue weighted by atomic mass is 10.2. The van der Waals surface area contributed by atoms with Crippen molar-refractivity contribution in [1.29, 1.82) is 0 Å². The Kier molecular flexibility index (Phi) is 4.15. The van der Waals surface area contributed by atoms with E-state index in [2.05, 4.69) is 0 Å². The normalized spacial score (nSPS) is 24.4. The van der Waals surface area contributed by atoms with Crippen molar-refractivity contribution in [3.63, 3.8) is 0 Å². The zero-order valence-electron chi connectivity index (χ0n) is 7.89. The van der Waals surface area contributed by atoms with Crippen molar-refractivity contribution in [3.05, 3.63) is 0 Å². The first-order valence-corrected chi connectivity index (χ1v) is 4.67. The minimum Gasteiger partial charge on any atom is -0.379 e. The molecule has 1 heterocycles. The third kappa shape index (κ3) is 3.11. The summed E-state index contributed by atoms with van der Waals surface area (Å²) in [6.07, 6.45) is -3.10. The van der Waals surface area contributed by atoms with Gasteiger partial charge >= 0.3 is 6.30 Å². The minimum absolute atomic E-state index is 0.0835. The Balaban J connectivity index is 2.36. The first-order valence-electron chi connectivity index (χ1n) is 4.67. The Morgan fingerprint density at radius 1 is 1.43 bits per heavy atom. The molecule has 0 spiro atoms. The molecule has 0 aliphatic carbocycles. The van der Waals surface area contributed by atoms with Crippen molar-refractivity contribution in [2.24, 2.45) is 5.73 Å². The van der Waals surface area contributed by atoms with Crippen molar-refractivity contribution in [1.82, 2.24) is 4.90 Å². The van der Waals surface area contributed by atoms with Crippen LogP contribution in [0.5, 0.6) is 0 Å². The van der Waals surface area contributed by atoms with Crippen molar-refractivity contribution in [2.75, 3.05) is 26.3 Å². The molecule has 0 amide bonds. The van der Waals surface area contributed by atoms with Crippen LogP contribution in [0.1, 0.15) is 12.8 Å². The maximum Gasteiger partial charge on any atom is 0.460 e. The fourth-order valence-electron chi connectivity index (χ4n) is 1.65. The van der Waals surface area contributed by atoms with Gasteiger partial charge in [-0.15, -0.1) is 0 Å². The summed E-state index contributed by atoms with van der Waals surface area (Å²) < 4.78 is 42.1. The molecule has 1 fully saturated rings. The smallest absolute Gasteiger partial charge is 0.379 e. The predicted octanol–water partition coefficient (Wildman–Crippen LogP) is 0.946. The molecule has 0 aromatic carbocycles. The van der Waals surface area contributed by atoms with Gasteiger partial charge in [0, 0.05) is 19.1 Å². The van der Waals surface area contributed by atoms with Crippen LogP contribution in [0.25, 0.3) is 0 Å². The van der Waals surface area contributed by atoms with Gasteiger partial charge in [0.2, 0.25) is 0 Å². The first-order chi connectivity index (χ1) is 6.55. The van der Waals surface area contributed by atoms with Gasteiger partial charge in [-0.2, -0.15) is 13.2 Å². The molecule has 1 aliphatic rings. The zero-order chi connectivity index (χ0) is 10.6. The molecule has 0 bridgehead atoms. The van der Waals surface area contributed by atoms with Crippen LogP contribution >= 0.6 is 0 Å². The summed E-state index contributed by atoms with van der Waals surface area (Å²) >= 11 is 0. The average molecular weight is 212 g/mol. The van der Waals surface area contributed by atoms with Crippen LogP contribution < -0.4 is 5.73 Å². The Bertz CT molecular complexity index is 174. The summed E-state index contributed by atoms with van der Waals surface area (Å²) in [7, 11) is 0. The largest absolute Gasteiger partial charge is 0.460 e. The average Bonchev–Trinajstić information content (AvgIpc) is 2.52. The lowest BCUT2D eigenvalue weighted by Crippen LogP contribution is -2.43. The first kappa shape index (κ1) is 11.7. The number of nitrogens with two attached hydrogens (primary N) is 1. The fourth-order valence-corrected chi connectivity index (χ4v) is 1.65. The number of halogens is 3. The van der Waals surface area contributed by atoms with Gasteiger partial charge in [0.1, 0.15) is 0 Å². The van der Waals surface area contributed by atoms with E-state index in [-0.39, 0.29) is 13.2 Å². The highest BCUT2D eigenvalue weighted by atomic mass is 19.4. The van der Waals surface area contributed by atoms with Gasteiger partial charge in [0.15, 0.2) is 0 Å². The monoisotopic (exact) mass is 212 g/mol. The molecular weight excluding hydrogens is 197 g/mol. The third-order valence-electron chi connectivity index (χ3n) is 2.28. The van der Waals surface area contributed by atoms with E-state index in [1.165, 1.54) is 0 Å². The number of likely N-dealkylation sites (tertiary alicyclic amines) is 1. The van der Waals surface area contributed by atoms with Crippen LogP contribution in [0, 0.1) is 0 Å². The maximum atomic E-state index is 12.4. The van der Waals surface area contributed by atoms with Crippen LogP contribution in [-0.4, -0.2) is 43.5 Å². The number of hydrogen-bond donors (Lipinski definition) is 1. The van der Waals surface area contributed by atoms with Gasteiger partial charge in [-0.25, -0.2) is 4.90 Å². The summed E-state index contributed by atoms with van der Waals surface area (Å²) in [6.45, 7) is 0.873. The Morgan fingerprint density at radius 2 is 2.14 bits per heavy atom. The molecule has 0 aromatic heterocycles. The van der Waals surface area contributed by atoms with E-state index in [4.69, 9.17) is 10.5 Å². The highest BCUT2D eigenvalue weighted by Gasteiger charge is 2.44. The Hall–Kier alpha value is -0.330. The Labute approximate surface area is 81.0 Å². The molecule has 1 aliphatic heterocycles.